The maximum atomic E-state index is 8.97. The van der Waals surface area contributed by atoms with Crippen molar-refractivity contribution in [2.45, 2.75) is 26.3 Å². The fraction of sp³-hybridized carbons (Fsp3) is 1.00. The monoisotopic (exact) mass is 143 g/mol. The predicted octanol–water partition coefficient (Wildman–Crippen LogP) is 0.709. The second-order valence-corrected chi connectivity index (χ2v) is 3.98. The Balaban J connectivity index is 2.36. The molecule has 0 aromatic heterocycles. The summed E-state index contributed by atoms with van der Waals surface area (Å²) in [5.74, 6) is 0.825. The lowest BCUT2D eigenvalue weighted by Crippen LogP contribution is -2.57. The highest BCUT2D eigenvalue weighted by molar-refractivity contribution is 4.89. The van der Waals surface area contributed by atoms with Gasteiger partial charge in [0.15, 0.2) is 0 Å². The highest BCUT2D eigenvalue weighted by Gasteiger charge is 2.34. The molecule has 0 aromatic rings. The van der Waals surface area contributed by atoms with Gasteiger partial charge in [-0.15, -0.1) is 0 Å². The fourth-order valence-corrected chi connectivity index (χ4v) is 1.29. The molecule has 1 saturated heterocycles. The quantitative estimate of drug-likeness (QED) is 0.615. The number of hydrogen-bond donors (Lipinski definition) is 1. The van der Waals surface area contributed by atoms with Crippen LogP contribution in [-0.2, 0) is 0 Å². The van der Waals surface area contributed by atoms with Crippen LogP contribution in [0.2, 0.25) is 0 Å². The van der Waals surface area contributed by atoms with Crippen LogP contribution in [0.4, 0.5) is 0 Å². The zero-order chi connectivity index (χ0) is 7.78. The number of aliphatic hydroxyl groups excluding tert-OH is 1. The molecule has 0 aliphatic carbocycles. The molecular weight excluding hydrogens is 126 g/mol. The minimum Gasteiger partial charge on any atom is -0.394 e. The summed E-state index contributed by atoms with van der Waals surface area (Å²) in [4.78, 5) is 2.32. The minimum atomic E-state index is 0.00646. The molecule has 1 rings (SSSR count). The molecule has 1 N–H and O–H groups in total. The normalized spacial score (nSPS) is 22.8. The molecule has 1 heterocycles. The highest BCUT2D eigenvalue weighted by Crippen LogP contribution is 2.24. The lowest BCUT2D eigenvalue weighted by Gasteiger charge is -2.47. The Kier molecular flexibility index (Phi) is 2.02. The molecule has 0 spiro atoms. The second-order valence-electron chi connectivity index (χ2n) is 3.98. The van der Waals surface area contributed by atoms with E-state index in [1.807, 2.05) is 0 Å². The molecule has 10 heavy (non-hydrogen) atoms. The summed E-state index contributed by atoms with van der Waals surface area (Å²) in [6.45, 7) is 8.96. The van der Waals surface area contributed by atoms with Gasteiger partial charge in [-0.25, -0.2) is 0 Å². The third kappa shape index (κ3) is 1.32. The average Bonchev–Trinajstić information content (AvgIpc) is 1.81. The van der Waals surface area contributed by atoms with Crippen LogP contribution in [0.5, 0.6) is 0 Å². The van der Waals surface area contributed by atoms with E-state index in [0.29, 0.717) is 0 Å². The van der Waals surface area contributed by atoms with E-state index in [1.165, 1.54) is 0 Å². The average molecular weight is 143 g/mol. The Morgan fingerprint density at radius 3 is 2.30 bits per heavy atom. The maximum Gasteiger partial charge on any atom is 0.0610 e. The van der Waals surface area contributed by atoms with Gasteiger partial charge in [0.1, 0.15) is 0 Å². The van der Waals surface area contributed by atoms with Gasteiger partial charge in [-0.2, -0.15) is 0 Å². The van der Waals surface area contributed by atoms with Crippen molar-refractivity contribution < 1.29 is 5.11 Å². The largest absolute Gasteiger partial charge is 0.394 e. The van der Waals surface area contributed by atoms with Crippen LogP contribution in [0.1, 0.15) is 20.8 Å². The first-order valence-corrected chi connectivity index (χ1v) is 3.92. The van der Waals surface area contributed by atoms with Crippen LogP contribution in [0.15, 0.2) is 0 Å². The summed E-state index contributed by atoms with van der Waals surface area (Å²) in [5, 5.41) is 8.97. The lowest BCUT2D eigenvalue weighted by molar-refractivity contribution is -0.0201. The van der Waals surface area contributed by atoms with E-state index in [-0.39, 0.29) is 12.1 Å². The van der Waals surface area contributed by atoms with Gasteiger partial charge in [0.2, 0.25) is 0 Å². The molecule has 0 atom stereocenters. The van der Waals surface area contributed by atoms with Crippen molar-refractivity contribution in [3.8, 4) is 0 Å². The topological polar surface area (TPSA) is 23.5 Å². The van der Waals surface area contributed by atoms with Gasteiger partial charge in [0.25, 0.3) is 0 Å². The van der Waals surface area contributed by atoms with Crippen molar-refractivity contribution in [1.29, 1.82) is 0 Å². The Bertz CT molecular complexity index is 116. The molecule has 1 fully saturated rings. The summed E-state index contributed by atoms with van der Waals surface area (Å²) < 4.78 is 0. The summed E-state index contributed by atoms with van der Waals surface area (Å²) in [6.07, 6.45) is 0. The van der Waals surface area contributed by atoms with E-state index in [1.54, 1.807) is 0 Å². The molecule has 0 saturated carbocycles. The van der Waals surface area contributed by atoms with Gasteiger partial charge in [0.05, 0.1) is 6.61 Å². The van der Waals surface area contributed by atoms with Crippen molar-refractivity contribution in [1.82, 2.24) is 4.90 Å². The molecule has 0 radical (unpaired) electrons. The van der Waals surface area contributed by atoms with E-state index in [9.17, 15) is 0 Å². The van der Waals surface area contributed by atoms with E-state index in [0.717, 1.165) is 19.0 Å². The summed E-state index contributed by atoms with van der Waals surface area (Å²) in [7, 11) is 0. The summed E-state index contributed by atoms with van der Waals surface area (Å²) in [5.41, 5.74) is 0.00646. The third-order valence-corrected chi connectivity index (χ3v) is 2.31. The minimum absolute atomic E-state index is 0.00646. The third-order valence-electron chi connectivity index (χ3n) is 2.31. The Morgan fingerprint density at radius 1 is 1.50 bits per heavy atom. The molecule has 0 unspecified atom stereocenters. The van der Waals surface area contributed by atoms with E-state index >= 15 is 0 Å². The highest BCUT2D eigenvalue weighted by atomic mass is 16.3. The van der Waals surface area contributed by atoms with Crippen molar-refractivity contribution in [2.24, 2.45) is 5.92 Å². The van der Waals surface area contributed by atoms with Crippen LogP contribution in [0, 0.1) is 5.92 Å². The van der Waals surface area contributed by atoms with Crippen molar-refractivity contribution >= 4 is 0 Å². The predicted molar refractivity (Wildman–Crippen MR) is 41.9 cm³/mol. The van der Waals surface area contributed by atoms with Gasteiger partial charge in [0, 0.05) is 18.6 Å². The molecule has 1 aliphatic rings. The molecule has 0 aromatic carbocycles. The molecule has 0 amide bonds. The first kappa shape index (κ1) is 8.02. The van der Waals surface area contributed by atoms with Gasteiger partial charge < -0.3 is 5.11 Å². The van der Waals surface area contributed by atoms with Gasteiger partial charge >= 0.3 is 0 Å². The molecule has 2 heteroatoms. The van der Waals surface area contributed by atoms with E-state index in [4.69, 9.17) is 5.11 Å². The number of rotatable bonds is 2. The van der Waals surface area contributed by atoms with Crippen LogP contribution in [0.3, 0.4) is 0 Å². The zero-order valence-corrected chi connectivity index (χ0v) is 7.09. The number of aliphatic hydroxyl groups is 1. The Morgan fingerprint density at radius 2 is 2.00 bits per heavy atom. The Labute approximate surface area is 62.8 Å². The summed E-state index contributed by atoms with van der Waals surface area (Å²) in [6, 6.07) is 0. The van der Waals surface area contributed by atoms with Gasteiger partial charge in [-0.1, -0.05) is 6.92 Å². The molecule has 0 bridgehead atoms. The molecule has 2 nitrogen and oxygen atoms in total. The molecule has 1 aliphatic heterocycles. The van der Waals surface area contributed by atoms with Crippen molar-refractivity contribution in [2.75, 3.05) is 19.7 Å². The van der Waals surface area contributed by atoms with Crippen LogP contribution in [-0.4, -0.2) is 35.2 Å². The van der Waals surface area contributed by atoms with Crippen LogP contribution < -0.4 is 0 Å². The maximum absolute atomic E-state index is 8.97. The molecular formula is C8H17NO. The van der Waals surface area contributed by atoms with Crippen LogP contribution in [0.25, 0.3) is 0 Å². The number of likely N-dealkylation sites (tertiary alicyclic amines) is 1. The Hall–Kier alpha value is -0.0800. The van der Waals surface area contributed by atoms with Gasteiger partial charge in [-0.05, 0) is 19.8 Å². The second kappa shape index (κ2) is 2.51. The SMILES string of the molecule is CC1CN(C(C)(C)CO)C1. The van der Waals surface area contributed by atoms with Crippen molar-refractivity contribution in [3.05, 3.63) is 0 Å². The van der Waals surface area contributed by atoms with Crippen molar-refractivity contribution in [3.63, 3.8) is 0 Å². The molecule has 60 valence electrons. The van der Waals surface area contributed by atoms with Gasteiger partial charge in [-0.3, -0.25) is 4.90 Å². The number of nitrogens with zero attached hydrogens (tertiary/aromatic N) is 1. The zero-order valence-electron chi connectivity index (χ0n) is 7.09. The fourth-order valence-electron chi connectivity index (χ4n) is 1.29. The number of hydrogen-bond acceptors (Lipinski definition) is 2. The van der Waals surface area contributed by atoms with E-state index in [2.05, 4.69) is 25.7 Å². The lowest BCUT2D eigenvalue weighted by atomic mass is 9.93. The van der Waals surface area contributed by atoms with E-state index < -0.39 is 0 Å². The standard InChI is InChI=1S/C8H17NO/c1-7-4-9(5-7)8(2,3)6-10/h7,10H,4-6H2,1-3H3. The first-order chi connectivity index (χ1) is 4.56. The summed E-state index contributed by atoms with van der Waals surface area (Å²) >= 11 is 0. The van der Waals surface area contributed by atoms with Crippen LogP contribution >= 0.6 is 0 Å². The smallest absolute Gasteiger partial charge is 0.0610 e. The first-order valence-electron chi connectivity index (χ1n) is 3.92.